The van der Waals surface area contributed by atoms with Gasteiger partial charge in [0.25, 0.3) is 0 Å². The molecule has 0 saturated carbocycles. The third kappa shape index (κ3) is 3.12. The molecule has 0 bridgehead atoms. The molecular formula is C13H18Cl2FN. The van der Waals surface area contributed by atoms with Gasteiger partial charge in [-0.25, -0.2) is 4.39 Å². The Hall–Kier alpha value is -0.310. The molecule has 1 aromatic rings. The van der Waals surface area contributed by atoms with E-state index in [4.69, 9.17) is 28.9 Å². The summed E-state index contributed by atoms with van der Waals surface area (Å²) in [6.07, 6.45) is 0.173. The van der Waals surface area contributed by atoms with E-state index in [9.17, 15) is 4.39 Å². The predicted octanol–water partition coefficient (Wildman–Crippen LogP) is 4.25. The van der Waals surface area contributed by atoms with Crippen molar-refractivity contribution >= 4 is 23.2 Å². The molecular weight excluding hydrogens is 260 g/mol. The van der Waals surface area contributed by atoms with Crippen LogP contribution in [0.1, 0.15) is 26.3 Å². The van der Waals surface area contributed by atoms with Gasteiger partial charge in [-0.2, -0.15) is 0 Å². The summed E-state index contributed by atoms with van der Waals surface area (Å²) in [5, 5.41) is 0.853. The lowest BCUT2D eigenvalue weighted by molar-refractivity contribution is 0.0382. The molecule has 0 fully saturated rings. The van der Waals surface area contributed by atoms with Crippen molar-refractivity contribution in [2.24, 2.45) is 11.1 Å². The number of nitrogens with two attached hydrogens (primary N) is 1. The third-order valence-corrected chi connectivity index (χ3v) is 4.03. The van der Waals surface area contributed by atoms with E-state index >= 15 is 0 Å². The van der Waals surface area contributed by atoms with Crippen molar-refractivity contribution in [3.05, 3.63) is 33.8 Å². The fourth-order valence-corrected chi connectivity index (χ4v) is 2.02. The second-order valence-corrected chi connectivity index (χ2v) is 6.09. The van der Waals surface area contributed by atoms with Gasteiger partial charge in [0.15, 0.2) is 0 Å². The van der Waals surface area contributed by atoms with E-state index in [1.54, 1.807) is 18.2 Å². The van der Waals surface area contributed by atoms with Crippen molar-refractivity contribution in [1.82, 2.24) is 0 Å². The smallest absolute Gasteiger partial charge is 0.132 e. The minimum Gasteiger partial charge on any atom is -0.327 e. The summed E-state index contributed by atoms with van der Waals surface area (Å²) in [5.41, 5.74) is 4.23. The standard InChI is InChI=1S/C13H18Cl2FN/c1-12(2,3)13(16,8-17)7-9-5-4-6-10(14)11(9)15/h4-6H,7-8,17H2,1-3H3. The zero-order valence-electron chi connectivity index (χ0n) is 10.4. The predicted molar refractivity (Wildman–Crippen MR) is 72.5 cm³/mol. The summed E-state index contributed by atoms with van der Waals surface area (Å²) in [6.45, 7) is 5.45. The third-order valence-electron chi connectivity index (χ3n) is 3.17. The first-order valence-corrected chi connectivity index (χ1v) is 6.29. The number of rotatable bonds is 3. The first-order chi connectivity index (χ1) is 7.71. The number of hydrogen-bond donors (Lipinski definition) is 1. The van der Waals surface area contributed by atoms with Crippen LogP contribution in [0.5, 0.6) is 0 Å². The first kappa shape index (κ1) is 14.7. The summed E-state index contributed by atoms with van der Waals surface area (Å²) < 4.78 is 14.8. The zero-order valence-corrected chi connectivity index (χ0v) is 11.9. The Balaban J connectivity index is 3.08. The second-order valence-electron chi connectivity index (χ2n) is 5.31. The van der Waals surface area contributed by atoms with Crippen molar-refractivity contribution in [1.29, 1.82) is 0 Å². The summed E-state index contributed by atoms with van der Waals surface area (Å²) in [4.78, 5) is 0. The van der Waals surface area contributed by atoms with Crippen molar-refractivity contribution in [2.75, 3.05) is 6.54 Å². The van der Waals surface area contributed by atoms with Gasteiger partial charge in [-0.3, -0.25) is 0 Å². The SMILES string of the molecule is CC(C)(C)C(F)(CN)Cc1cccc(Cl)c1Cl. The molecule has 0 radical (unpaired) electrons. The molecule has 1 unspecified atom stereocenters. The highest BCUT2D eigenvalue weighted by Gasteiger charge is 2.41. The Kier molecular flexibility index (Phi) is 4.45. The number of alkyl halides is 1. The van der Waals surface area contributed by atoms with Crippen LogP contribution in [0.15, 0.2) is 18.2 Å². The van der Waals surface area contributed by atoms with Gasteiger partial charge in [-0.05, 0) is 17.0 Å². The summed E-state index contributed by atoms with van der Waals surface area (Å²) in [5.74, 6) is 0. The molecule has 96 valence electrons. The van der Waals surface area contributed by atoms with Crippen molar-refractivity contribution in [2.45, 2.75) is 32.9 Å². The van der Waals surface area contributed by atoms with E-state index in [2.05, 4.69) is 0 Å². The van der Waals surface area contributed by atoms with E-state index < -0.39 is 11.1 Å². The fourth-order valence-electron chi connectivity index (χ4n) is 1.63. The topological polar surface area (TPSA) is 26.0 Å². The maximum atomic E-state index is 14.8. The van der Waals surface area contributed by atoms with E-state index in [1.807, 2.05) is 20.8 Å². The highest BCUT2D eigenvalue weighted by Crippen LogP contribution is 2.38. The molecule has 1 nitrogen and oxygen atoms in total. The van der Waals surface area contributed by atoms with Crippen LogP contribution in [-0.2, 0) is 6.42 Å². The number of benzene rings is 1. The Bertz CT molecular complexity index is 401. The molecule has 1 aromatic carbocycles. The maximum absolute atomic E-state index is 14.8. The lowest BCUT2D eigenvalue weighted by Crippen LogP contribution is -2.47. The Morgan fingerprint density at radius 3 is 2.29 bits per heavy atom. The molecule has 0 aliphatic rings. The monoisotopic (exact) mass is 277 g/mol. The fraction of sp³-hybridized carbons (Fsp3) is 0.538. The Morgan fingerprint density at radius 1 is 1.24 bits per heavy atom. The van der Waals surface area contributed by atoms with Gasteiger partial charge in [0, 0.05) is 13.0 Å². The molecule has 2 N–H and O–H groups in total. The van der Waals surface area contributed by atoms with E-state index in [0.717, 1.165) is 0 Å². The Labute approximate surface area is 112 Å². The number of hydrogen-bond acceptors (Lipinski definition) is 1. The van der Waals surface area contributed by atoms with Crippen LogP contribution < -0.4 is 5.73 Å². The van der Waals surface area contributed by atoms with Crippen LogP contribution in [0.4, 0.5) is 4.39 Å². The van der Waals surface area contributed by atoms with Crippen molar-refractivity contribution in [3.8, 4) is 0 Å². The molecule has 0 aliphatic carbocycles. The minimum absolute atomic E-state index is 0.0423. The van der Waals surface area contributed by atoms with Crippen LogP contribution in [0, 0.1) is 5.41 Å². The van der Waals surface area contributed by atoms with Crippen LogP contribution >= 0.6 is 23.2 Å². The molecule has 1 atom stereocenters. The van der Waals surface area contributed by atoms with Gasteiger partial charge in [-0.15, -0.1) is 0 Å². The van der Waals surface area contributed by atoms with Crippen LogP contribution in [0.25, 0.3) is 0 Å². The average Bonchev–Trinajstić information content (AvgIpc) is 2.23. The number of halogens is 3. The molecule has 4 heteroatoms. The molecule has 0 heterocycles. The summed E-state index contributed by atoms with van der Waals surface area (Å²) >= 11 is 12.0. The van der Waals surface area contributed by atoms with E-state index in [0.29, 0.717) is 15.6 Å². The van der Waals surface area contributed by atoms with E-state index in [1.165, 1.54) is 0 Å². The molecule has 0 saturated heterocycles. The maximum Gasteiger partial charge on any atom is 0.132 e. The van der Waals surface area contributed by atoms with Gasteiger partial charge in [0.2, 0.25) is 0 Å². The first-order valence-electron chi connectivity index (χ1n) is 5.53. The van der Waals surface area contributed by atoms with E-state index in [-0.39, 0.29) is 13.0 Å². The molecule has 0 aromatic heterocycles. The molecule has 1 rings (SSSR count). The molecule has 17 heavy (non-hydrogen) atoms. The van der Waals surface area contributed by atoms with Gasteiger partial charge in [-0.1, -0.05) is 56.1 Å². The van der Waals surface area contributed by atoms with Crippen molar-refractivity contribution < 1.29 is 4.39 Å². The van der Waals surface area contributed by atoms with Crippen molar-refractivity contribution in [3.63, 3.8) is 0 Å². The normalized spacial score (nSPS) is 15.7. The van der Waals surface area contributed by atoms with Crippen LogP contribution in [0.3, 0.4) is 0 Å². The molecule has 0 aliphatic heterocycles. The molecule has 0 spiro atoms. The summed E-state index contributed by atoms with van der Waals surface area (Å²) in [7, 11) is 0. The highest BCUT2D eigenvalue weighted by atomic mass is 35.5. The zero-order chi connectivity index (χ0) is 13.3. The molecule has 0 amide bonds. The highest BCUT2D eigenvalue weighted by molar-refractivity contribution is 6.42. The van der Waals surface area contributed by atoms with Crippen LogP contribution in [-0.4, -0.2) is 12.2 Å². The van der Waals surface area contributed by atoms with Gasteiger partial charge in [0.1, 0.15) is 5.67 Å². The quantitative estimate of drug-likeness (QED) is 0.878. The average molecular weight is 278 g/mol. The minimum atomic E-state index is -1.50. The lowest BCUT2D eigenvalue weighted by atomic mass is 9.74. The second kappa shape index (κ2) is 5.13. The van der Waals surface area contributed by atoms with Crippen LogP contribution in [0.2, 0.25) is 10.0 Å². The Morgan fingerprint density at radius 2 is 1.82 bits per heavy atom. The van der Waals surface area contributed by atoms with Gasteiger partial charge in [0.05, 0.1) is 10.0 Å². The van der Waals surface area contributed by atoms with Gasteiger partial charge >= 0.3 is 0 Å². The largest absolute Gasteiger partial charge is 0.327 e. The summed E-state index contributed by atoms with van der Waals surface area (Å²) in [6, 6.07) is 5.24. The van der Waals surface area contributed by atoms with Gasteiger partial charge < -0.3 is 5.73 Å². The lowest BCUT2D eigenvalue weighted by Gasteiger charge is -2.37.